The number of piperidine rings is 1. The minimum Gasteiger partial charge on any atom is -0.353 e. The van der Waals surface area contributed by atoms with Crippen LogP contribution in [0, 0.1) is 10.1 Å². The van der Waals surface area contributed by atoms with Gasteiger partial charge in [0.05, 0.1) is 4.92 Å². The summed E-state index contributed by atoms with van der Waals surface area (Å²) in [5.74, 6) is -0.0591. The fraction of sp³-hybridized carbons (Fsp3) is 0.538. The van der Waals surface area contributed by atoms with E-state index in [0.29, 0.717) is 0 Å². The molecule has 0 bridgehead atoms. The highest BCUT2D eigenvalue weighted by molar-refractivity contribution is 6.29. The van der Waals surface area contributed by atoms with Gasteiger partial charge in [-0.1, -0.05) is 11.6 Å². The SMILES string of the molecule is CC(Nc1nc(Cl)ccc1[N+](=O)[O-])C(=O)N1CCCCC1. The van der Waals surface area contributed by atoms with Crippen molar-refractivity contribution >= 4 is 29.0 Å². The maximum Gasteiger partial charge on any atom is 0.311 e. The molecule has 1 aromatic heterocycles. The Labute approximate surface area is 127 Å². The molecule has 0 spiro atoms. The summed E-state index contributed by atoms with van der Waals surface area (Å²) in [6.45, 7) is 3.13. The van der Waals surface area contributed by atoms with Gasteiger partial charge in [0.25, 0.3) is 0 Å². The van der Waals surface area contributed by atoms with Crippen LogP contribution in [0.3, 0.4) is 0 Å². The van der Waals surface area contributed by atoms with Crippen molar-refractivity contribution in [3.63, 3.8) is 0 Å². The molecule has 1 fully saturated rings. The molecule has 1 aliphatic heterocycles. The normalized spacial score (nSPS) is 16.4. The van der Waals surface area contributed by atoms with E-state index in [0.717, 1.165) is 32.4 Å². The van der Waals surface area contributed by atoms with Gasteiger partial charge in [0.15, 0.2) is 0 Å². The number of hydrogen-bond acceptors (Lipinski definition) is 5. The summed E-state index contributed by atoms with van der Waals surface area (Å²) in [6.07, 6.45) is 3.12. The second-order valence-corrected chi connectivity index (χ2v) is 5.40. The molecule has 8 heteroatoms. The lowest BCUT2D eigenvalue weighted by Gasteiger charge is -2.29. The average molecular weight is 313 g/mol. The number of nitrogens with one attached hydrogen (secondary N) is 1. The van der Waals surface area contributed by atoms with Gasteiger partial charge in [-0.05, 0) is 32.3 Å². The van der Waals surface area contributed by atoms with E-state index in [1.807, 2.05) is 0 Å². The Balaban J connectivity index is 2.11. The summed E-state index contributed by atoms with van der Waals surface area (Å²) in [5, 5.41) is 13.9. The predicted octanol–water partition coefficient (Wildman–Crippen LogP) is 2.46. The first-order chi connectivity index (χ1) is 9.99. The van der Waals surface area contributed by atoms with Gasteiger partial charge in [-0.15, -0.1) is 0 Å². The number of carbonyl (C=O) groups is 1. The van der Waals surface area contributed by atoms with Crippen LogP contribution in [-0.2, 0) is 4.79 Å². The Bertz CT molecular complexity index is 546. The maximum atomic E-state index is 12.3. The molecular formula is C13H17ClN4O3. The summed E-state index contributed by atoms with van der Waals surface area (Å²) in [7, 11) is 0. The lowest BCUT2D eigenvalue weighted by molar-refractivity contribution is -0.384. The minimum atomic E-state index is -0.590. The summed E-state index contributed by atoms with van der Waals surface area (Å²) >= 11 is 5.76. The van der Waals surface area contributed by atoms with E-state index in [9.17, 15) is 14.9 Å². The molecule has 21 heavy (non-hydrogen) atoms. The Morgan fingerprint density at radius 3 is 2.71 bits per heavy atom. The molecule has 1 amide bonds. The second-order valence-electron chi connectivity index (χ2n) is 5.01. The number of nitro groups is 1. The van der Waals surface area contributed by atoms with Crippen molar-refractivity contribution in [2.24, 2.45) is 0 Å². The van der Waals surface area contributed by atoms with E-state index < -0.39 is 11.0 Å². The minimum absolute atomic E-state index is 0.0189. The van der Waals surface area contributed by atoms with Crippen molar-refractivity contribution in [1.82, 2.24) is 9.88 Å². The zero-order chi connectivity index (χ0) is 15.4. The van der Waals surface area contributed by atoms with E-state index in [-0.39, 0.29) is 22.6 Å². The number of carbonyl (C=O) groups excluding carboxylic acids is 1. The van der Waals surface area contributed by atoms with Crippen LogP contribution < -0.4 is 5.32 Å². The number of likely N-dealkylation sites (tertiary alicyclic amines) is 1. The number of nitrogens with zero attached hydrogens (tertiary/aromatic N) is 3. The molecule has 2 rings (SSSR count). The molecule has 1 N–H and O–H groups in total. The molecule has 1 atom stereocenters. The second kappa shape index (κ2) is 6.71. The van der Waals surface area contributed by atoms with Gasteiger partial charge >= 0.3 is 5.69 Å². The lowest BCUT2D eigenvalue weighted by atomic mass is 10.1. The summed E-state index contributed by atoms with van der Waals surface area (Å²) in [6, 6.07) is 2.03. The number of rotatable bonds is 4. The van der Waals surface area contributed by atoms with E-state index in [2.05, 4.69) is 10.3 Å². The van der Waals surface area contributed by atoms with Crippen molar-refractivity contribution in [1.29, 1.82) is 0 Å². The molecule has 0 aromatic carbocycles. The summed E-state index contributed by atoms with van der Waals surface area (Å²) < 4.78 is 0. The van der Waals surface area contributed by atoms with Crippen LogP contribution in [-0.4, -0.2) is 39.8 Å². The lowest BCUT2D eigenvalue weighted by Crippen LogP contribution is -2.44. The number of anilines is 1. The Morgan fingerprint density at radius 2 is 2.10 bits per heavy atom. The van der Waals surface area contributed by atoms with Crippen LogP contribution in [0.15, 0.2) is 12.1 Å². The average Bonchev–Trinajstić information content (AvgIpc) is 2.47. The smallest absolute Gasteiger partial charge is 0.311 e. The third-order valence-corrected chi connectivity index (χ3v) is 3.64. The molecule has 1 unspecified atom stereocenters. The number of pyridine rings is 1. The van der Waals surface area contributed by atoms with Crippen molar-refractivity contribution in [2.75, 3.05) is 18.4 Å². The highest BCUT2D eigenvalue weighted by Crippen LogP contribution is 2.25. The Morgan fingerprint density at radius 1 is 1.43 bits per heavy atom. The third-order valence-electron chi connectivity index (χ3n) is 3.43. The molecule has 0 aliphatic carbocycles. The van der Waals surface area contributed by atoms with Gasteiger partial charge < -0.3 is 10.2 Å². The first kappa shape index (κ1) is 15.5. The van der Waals surface area contributed by atoms with Gasteiger partial charge in [0.1, 0.15) is 11.2 Å². The van der Waals surface area contributed by atoms with Crippen molar-refractivity contribution < 1.29 is 9.72 Å². The molecule has 7 nitrogen and oxygen atoms in total. The maximum absolute atomic E-state index is 12.3. The molecule has 1 aliphatic rings. The van der Waals surface area contributed by atoms with Crippen LogP contribution in [0.5, 0.6) is 0 Å². The zero-order valence-electron chi connectivity index (χ0n) is 11.7. The monoisotopic (exact) mass is 312 g/mol. The van der Waals surface area contributed by atoms with Gasteiger partial charge in [-0.25, -0.2) is 4.98 Å². The number of aromatic nitrogens is 1. The van der Waals surface area contributed by atoms with Gasteiger partial charge in [0, 0.05) is 19.2 Å². The van der Waals surface area contributed by atoms with E-state index in [1.165, 1.54) is 12.1 Å². The van der Waals surface area contributed by atoms with Crippen molar-refractivity contribution in [2.45, 2.75) is 32.2 Å². The van der Waals surface area contributed by atoms with Crippen molar-refractivity contribution in [3.05, 3.63) is 27.4 Å². The summed E-state index contributed by atoms with van der Waals surface area (Å²) in [4.78, 5) is 28.4. The molecule has 1 saturated heterocycles. The molecule has 2 heterocycles. The first-order valence-corrected chi connectivity index (χ1v) is 7.23. The standard InChI is InChI=1S/C13H17ClN4O3/c1-9(13(19)17-7-3-2-4-8-17)15-12-10(18(20)21)5-6-11(14)16-12/h5-6,9H,2-4,7-8H2,1H3,(H,15,16). The summed E-state index contributed by atoms with van der Waals surface area (Å²) in [5.41, 5.74) is -0.197. The fourth-order valence-electron chi connectivity index (χ4n) is 2.34. The van der Waals surface area contributed by atoms with Crippen molar-refractivity contribution in [3.8, 4) is 0 Å². The van der Waals surface area contributed by atoms with E-state index in [4.69, 9.17) is 11.6 Å². The van der Waals surface area contributed by atoms with E-state index >= 15 is 0 Å². The number of hydrogen-bond donors (Lipinski definition) is 1. The first-order valence-electron chi connectivity index (χ1n) is 6.85. The third kappa shape index (κ3) is 3.81. The Kier molecular flexibility index (Phi) is 4.95. The van der Waals surface area contributed by atoms with Gasteiger partial charge in [0.2, 0.25) is 11.7 Å². The molecular weight excluding hydrogens is 296 g/mol. The topological polar surface area (TPSA) is 88.4 Å². The molecule has 0 saturated carbocycles. The van der Waals surface area contributed by atoms with Crippen LogP contribution in [0.4, 0.5) is 11.5 Å². The highest BCUT2D eigenvalue weighted by Gasteiger charge is 2.25. The molecule has 0 radical (unpaired) electrons. The van der Waals surface area contributed by atoms with Crippen LogP contribution >= 0.6 is 11.6 Å². The largest absolute Gasteiger partial charge is 0.353 e. The van der Waals surface area contributed by atoms with Crippen LogP contribution in [0.2, 0.25) is 5.15 Å². The fourth-order valence-corrected chi connectivity index (χ4v) is 2.48. The van der Waals surface area contributed by atoms with Gasteiger partial charge in [-0.3, -0.25) is 14.9 Å². The van der Waals surface area contributed by atoms with Crippen LogP contribution in [0.25, 0.3) is 0 Å². The molecule has 1 aromatic rings. The quantitative estimate of drug-likeness (QED) is 0.524. The zero-order valence-corrected chi connectivity index (χ0v) is 12.5. The van der Waals surface area contributed by atoms with Crippen LogP contribution in [0.1, 0.15) is 26.2 Å². The van der Waals surface area contributed by atoms with E-state index in [1.54, 1.807) is 11.8 Å². The highest BCUT2D eigenvalue weighted by atomic mass is 35.5. The molecule has 114 valence electrons. The number of amides is 1. The number of halogens is 1. The van der Waals surface area contributed by atoms with Gasteiger partial charge in [-0.2, -0.15) is 0 Å². The predicted molar refractivity (Wildman–Crippen MR) is 79.4 cm³/mol. The Hall–Kier alpha value is -1.89.